The first kappa shape index (κ1) is 36.0. The quantitative estimate of drug-likeness (QED) is 0.407. The Morgan fingerprint density at radius 2 is 1.65 bits per heavy atom. The number of nitrogens with zero attached hydrogens (tertiary/aromatic N) is 2. The number of carbonyl (C=O) groups is 5. The molecule has 5 bridgehead atoms. The highest BCUT2D eigenvalue weighted by molar-refractivity contribution is 5.92. The highest BCUT2D eigenvalue weighted by atomic mass is 16.6. The molecule has 2 fully saturated rings. The molecule has 2 aromatic rings. The lowest BCUT2D eigenvalue weighted by molar-refractivity contribution is -0.170. The molecule has 1 aromatic carbocycles. The molecule has 5 rings (SSSR count). The van der Waals surface area contributed by atoms with E-state index in [1.165, 1.54) is 5.01 Å². The molecule has 1 aliphatic carbocycles. The van der Waals surface area contributed by atoms with E-state index in [1.54, 1.807) is 34.6 Å². The second kappa shape index (κ2) is 15.1. The number of benzene rings is 1. The molecule has 3 aliphatic rings. The van der Waals surface area contributed by atoms with Gasteiger partial charge in [0.1, 0.15) is 18.2 Å². The van der Waals surface area contributed by atoms with Crippen LogP contribution in [0.15, 0.2) is 36.4 Å². The summed E-state index contributed by atoms with van der Waals surface area (Å²) in [6.45, 7) is 10.9. The van der Waals surface area contributed by atoms with Gasteiger partial charge in [-0.1, -0.05) is 58.0 Å². The fraction of sp³-hybridized carbons (Fsp3) is 0.568. The summed E-state index contributed by atoms with van der Waals surface area (Å²) in [6.07, 6.45) is 4.99. The average Bonchev–Trinajstić information content (AvgIpc) is 3.08. The number of hydrogen-bond acceptors (Lipinski definition) is 9. The van der Waals surface area contributed by atoms with Crippen LogP contribution in [0.1, 0.15) is 97.4 Å². The SMILES string of the molecule is CC(C)C(=O)O[C@H]1CC[C@@]2(/C=C/c3ccc4ccc(nc4c3)[C@@H](C)NC(=O)C3CCCN(N3)C(=O)[C@H](C)NC(=O)[C@H](C(C)C)OC2=O)CC1. The molecule has 0 radical (unpaired) electrons. The number of pyridine rings is 1. The van der Waals surface area contributed by atoms with E-state index < -0.39 is 47.4 Å². The van der Waals surface area contributed by atoms with E-state index in [4.69, 9.17) is 14.5 Å². The van der Waals surface area contributed by atoms with Crippen LogP contribution in [0.25, 0.3) is 17.0 Å². The van der Waals surface area contributed by atoms with Crippen molar-refractivity contribution in [1.29, 1.82) is 0 Å². The minimum atomic E-state index is -1.16. The number of hydrogen-bond donors (Lipinski definition) is 3. The molecular weight excluding hydrogens is 626 g/mol. The molecular formula is C37H49N5O7. The van der Waals surface area contributed by atoms with Crippen molar-refractivity contribution in [3.05, 3.63) is 47.7 Å². The minimum Gasteiger partial charge on any atom is -0.462 e. The zero-order valence-corrected chi connectivity index (χ0v) is 29.3. The molecule has 1 saturated carbocycles. The van der Waals surface area contributed by atoms with Crippen molar-refractivity contribution in [3.8, 4) is 0 Å². The number of aromatic nitrogens is 1. The second-order valence-electron chi connectivity index (χ2n) is 14.3. The topological polar surface area (TPSA) is 156 Å². The Labute approximate surface area is 287 Å². The van der Waals surface area contributed by atoms with Gasteiger partial charge in [-0.3, -0.25) is 34.0 Å². The molecule has 12 heteroatoms. The zero-order valence-electron chi connectivity index (χ0n) is 29.3. The van der Waals surface area contributed by atoms with Crippen LogP contribution >= 0.6 is 0 Å². The Balaban J connectivity index is 1.51. The van der Waals surface area contributed by atoms with Crippen LogP contribution in [-0.4, -0.2) is 70.5 Å². The molecule has 264 valence electrons. The molecule has 2 aliphatic heterocycles. The largest absolute Gasteiger partial charge is 0.462 e. The van der Waals surface area contributed by atoms with E-state index in [-0.39, 0.29) is 29.8 Å². The van der Waals surface area contributed by atoms with Crippen molar-refractivity contribution >= 4 is 46.6 Å². The van der Waals surface area contributed by atoms with Gasteiger partial charge >= 0.3 is 11.9 Å². The number of fused-ring (bicyclic) bond motifs is 4. The van der Waals surface area contributed by atoms with E-state index in [0.29, 0.717) is 50.8 Å². The van der Waals surface area contributed by atoms with Crippen LogP contribution in [-0.2, 0) is 33.4 Å². The Morgan fingerprint density at radius 3 is 2.35 bits per heavy atom. The van der Waals surface area contributed by atoms with Gasteiger partial charge in [0, 0.05) is 11.9 Å². The van der Waals surface area contributed by atoms with Crippen LogP contribution in [0.4, 0.5) is 0 Å². The standard InChI is InChI=1S/C37H49N5O7/c1-21(2)31-33(44)39-24(6)34(45)42-19-7-8-29(41-42)32(43)38-23(5)28-12-11-26-10-9-25(20-30(26)40-28)13-16-37(36(47)49-31)17-14-27(15-18-37)48-35(46)22(3)4/h9-13,16,20-24,27,29,31,41H,7-8,14-15,17-19H2,1-6H3,(H,38,43)(H,39,44)/b16-13+/t23-,24+,27-,29?,31+,37-/m1/s1. The first-order chi connectivity index (χ1) is 23.3. The van der Waals surface area contributed by atoms with Crippen molar-refractivity contribution in [1.82, 2.24) is 26.1 Å². The van der Waals surface area contributed by atoms with Gasteiger partial charge in [0.2, 0.25) is 5.91 Å². The Bertz CT molecular complexity index is 1610. The zero-order chi connectivity index (χ0) is 35.5. The molecule has 4 atom stereocenters. The van der Waals surface area contributed by atoms with Crippen molar-refractivity contribution in [2.24, 2.45) is 17.3 Å². The number of carbonyl (C=O) groups excluding carboxylic acids is 5. The highest BCUT2D eigenvalue weighted by Crippen LogP contribution is 2.41. The number of esters is 2. The predicted octanol–water partition coefficient (Wildman–Crippen LogP) is 4.14. The Morgan fingerprint density at radius 1 is 0.959 bits per heavy atom. The van der Waals surface area contributed by atoms with Gasteiger partial charge < -0.3 is 20.1 Å². The average molecular weight is 676 g/mol. The predicted molar refractivity (Wildman–Crippen MR) is 183 cm³/mol. The smallest absolute Gasteiger partial charge is 0.316 e. The molecule has 1 saturated heterocycles. The maximum Gasteiger partial charge on any atom is 0.316 e. The van der Waals surface area contributed by atoms with Crippen LogP contribution < -0.4 is 16.1 Å². The summed E-state index contributed by atoms with van der Waals surface area (Å²) in [7, 11) is 0. The lowest BCUT2D eigenvalue weighted by Crippen LogP contribution is -2.61. The third kappa shape index (κ3) is 8.29. The number of nitrogens with one attached hydrogen (secondary N) is 3. The monoisotopic (exact) mass is 675 g/mol. The molecule has 49 heavy (non-hydrogen) atoms. The third-order valence-corrected chi connectivity index (χ3v) is 9.72. The van der Waals surface area contributed by atoms with Crippen molar-refractivity contribution in [3.63, 3.8) is 0 Å². The first-order valence-electron chi connectivity index (χ1n) is 17.5. The van der Waals surface area contributed by atoms with E-state index in [0.717, 1.165) is 16.5 Å². The normalized spacial score (nSPS) is 29.5. The Hall–Kier alpha value is -4.32. The van der Waals surface area contributed by atoms with Gasteiger partial charge in [0.25, 0.3) is 11.8 Å². The molecule has 12 nitrogen and oxygen atoms in total. The summed E-state index contributed by atoms with van der Waals surface area (Å²) < 4.78 is 11.7. The molecule has 3 amide bonds. The highest BCUT2D eigenvalue weighted by Gasteiger charge is 2.44. The summed E-state index contributed by atoms with van der Waals surface area (Å²) in [4.78, 5) is 71.7. The minimum absolute atomic E-state index is 0.253. The fourth-order valence-electron chi connectivity index (χ4n) is 6.55. The van der Waals surface area contributed by atoms with E-state index >= 15 is 0 Å². The van der Waals surface area contributed by atoms with E-state index in [9.17, 15) is 24.0 Å². The fourth-order valence-corrected chi connectivity index (χ4v) is 6.55. The van der Waals surface area contributed by atoms with Gasteiger partial charge in [0.15, 0.2) is 6.10 Å². The number of amides is 3. The van der Waals surface area contributed by atoms with Crippen molar-refractivity contribution in [2.45, 2.75) is 110 Å². The number of hydrazine groups is 1. The van der Waals surface area contributed by atoms with E-state index in [2.05, 4.69) is 16.1 Å². The van der Waals surface area contributed by atoms with Crippen LogP contribution in [0.2, 0.25) is 0 Å². The first-order valence-corrected chi connectivity index (χ1v) is 17.5. The molecule has 3 N–H and O–H groups in total. The van der Waals surface area contributed by atoms with Gasteiger partial charge in [-0.25, -0.2) is 5.43 Å². The lowest BCUT2D eigenvalue weighted by Gasteiger charge is -2.37. The van der Waals surface area contributed by atoms with Gasteiger partial charge in [0.05, 0.1) is 28.6 Å². The summed E-state index contributed by atoms with van der Waals surface area (Å²) in [5, 5.41) is 8.07. The molecule has 3 heterocycles. The van der Waals surface area contributed by atoms with Crippen molar-refractivity contribution < 1.29 is 33.4 Å². The summed E-state index contributed by atoms with van der Waals surface area (Å²) >= 11 is 0. The number of cyclic esters (lactones) is 1. The second-order valence-corrected chi connectivity index (χ2v) is 14.3. The lowest BCUT2D eigenvalue weighted by atomic mass is 9.72. The Kier molecular flexibility index (Phi) is 11.1. The van der Waals surface area contributed by atoms with E-state index in [1.807, 2.05) is 49.4 Å². The van der Waals surface area contributed by atoms with Gasteiger partial charge in [-0.2, -0.15) is 0 Å². The van der Waals surface area contributed by atoms with Crippen LogP contribution in [0, 0.1) is 17.3 Å². The molecule has 1 unspecified atom stereocenters. The van der Waals surface area contributed by atoms with Crippen molar-refractivity contribution in [2.75, 3.05) is 6.54 Å². The van der Waals surface area contributed by atoms with Gasteiger partial charge in [-0.15, -0.1) is 0 Å². The van der Waals surface area contributed by atoms with Crippen LogP contribution in [0.3, 0.4) is 0 Å². The summed E-state index contributed by atoms with van der Waals surface area (Å²) in [5.41, 5.74) is 4.19. The third-order valence-electron chi connectivity index (χ3n) is 9.72. The van der Waals surface area contributed by atoms with Crippen LogP contribution in [0.5, 0.6) is 0 Å². The number of ether oxygens (including phenoxy) is 2. The molecule has 1 spiro atoms. The maximum absolute atomic E-state index is 14.2. The molecule has 1 aromatic heterocycles. The summed E-state index contributed by atoms with van der Waals surface area (Å²) in [6, 6.07) is 7.68. The maximum atomic E-state index is 14.2. The summed E-state index contributed by atoms with van der Waals surface area (Å²) in [5.74, 6) is -2.71. The number of rotatable bonds is 3. The van der Waals surface area contributed by atoms with Gasteiger partial charge in [-0.05, 0) is 76.0 Å².